The van der Waals surface area contributed by atoms with Gasteiger partial charge in [0.05, 0.1) is 35.0 Å². The molecule has 200 valence electrons. The number of imidazole rings is 1. The highest BCUT2D eigenvalue weighted by Crippen LogP contribution is 2.47. The van der Waals surface area contributed by atoms with Gasteiger partial charge in [0.15, 0.2) is 11.6 Å². The summed E-state index contributed by atoms with van der Waals surface area (Å²) < 4.78 is 69.9. The molecule has 0 spiro atoms. The summed E-state index contributed by atoms with van der Waals surface area (Å²) in [6, 6.07) is 0.867. The molecule has 4 N–H and O–H groups in total. The van der Waals surface area contributed by atoms with Gasteiger partial charge in [0.1, 0.15) is 12.7 Å². The topological polar surface area (TPSA) is 117 Å². The van der Waals surface area contributed by atoms with E-state index in [2.05, 4.69) is 4.98 Å². The lowest BCUT2D eigenvalue weighted by Crippen LogP contribution is -2.51. The van der Waals surface area contributed by atoms with Crippen molar-refractivity contribution in [1.29, 1.82) is 0 Å². The van der Waals surface area contributed by atoms with E-state index in [1.54, 1.807) is 9.80 Å². The maximum atomic E-state index is 14.2. The Morgan fingerprint density at radius 2 is 2.03 bits per heavy atom. The molecule has 1 amide bonds. The molecular weight excluding hydrogens is 499 g/mol. The van der Waals surface area contributed by atoms with Crippen molar-refractivity contribution in [3.63, 3.8) is 0 Å². The van der Waals surface area contributed by atoms with Crippen LogP contribution in [0.25, 0.3) is 11.0 Å². The Labute approximate surface area is 208 Å². The molecule has 0 aliphatic carbocycles. The molecule has 0 saturated carbocycles. The number of carbonyl (C=O) groups excluding carboxylic acids is 1. The van der Waals surface area contributed by atoms with E-state index in [0.717, 1.165) is 25.0 Å². The van der Waals surface area contributed by atoms with Gasteiger partial charge in [-0.15, -0.1) is 0 Å². The number of amides is 1. The number of ether oxygens (including phenoxy) is 1. The lowest BCUT2D eigenvalue weighted by atomic mass is 10.1. The number of piperidine rings is 1. The summed E-state index contributed by atoms with van der Waals surface area (Å²) in [6.07, 6.45) is 0.997. The standard InChI is InChI=1S/C23H32F3N5O4S/c24-16-3-5-29(11-19(16)27)23-28-20-8-17(25)18(26)9-21(20)31(23)12-22(32)30(10-15-2-1-6-35-15)14-4-7-36(33,34)13-14/h8-9,14-16,19,33-34H,1-7,10-13,27H2/t14?,15?,16-,19-/m1/s1. The summed E-state index contributed by atoms with van der Waals surface area (Å²) in [7, 11) is -2.75. The van der Waals surface area contributed by atoms with Crippen molar-refractivity contribution in [3.05, 3.63) is 23.8 Å². The van der Waals surface area contributed by atoms with Crippen LogP contribution in [0.1, 0.15) is 25.7 Å². The van der Waals surface area contributed by atoms with Crippen LogP contribution in [0.3, 0.4) is 0 Å². The van der Waals surface area contributed by atoms with Gasteiger partial charge in [-0.3, -0.25) is 13.9 Å². The third kappa shape index (κ3) is 5.17. The van der Waals surface area contributed by atoms with Gasteiger partial charge in [0.2, 0.25) is 11.9 Å². The van der Waals surface area contributed by atoms with E-state index in [0.29, 0.717) is 32.1 Å². The van der Waals surface area contributed by atoms with Crippen molar-refractivity contribution < 1.29 is 31.8 Å². The first-order chi connectivity index (χ1) is 17.1. The van der Waals surface area contributed by atoms with Gasteiger partial charge >= 0.3 is 0 Å². The molecule has 1 aromatic carbocycles. The number of nitrogens with zero attached hydrogens (tertiary/aromatic N) is 4. The van der Waals surface area contributed by atoms with Crippen LogP contribution in [-0.2, 0) is 16.1 Å². The van der Waals surface area contributed by atoms with E-state index in [1.165, 1.54) is 4.57 Å². The summed E-state index contributed by atoms with van der Waals surface area (Å²) in [4.78, 5) is 21.6. The minimum absolute atomic E-state index is 0.0989. The van der Waals surface area contributed by atoms with Gasteiger partial charge in [0.25, 0.3) is 0 Å². The molecule has 3 aliphatic rings. The van der Waals surface area contributed by atoms with E-state index in [-0.39, 0.29) is 60.1 Å². The molecule has 0 bridgehead atoms. The van der Waals surface area contributed by atoms with E-state index in [4.69, 9.17) is 10.5 Å². The average Bonchev–Trinajstić information content (AvgIpc) is 3.54. The van der Waals surface area contributed by atoms with Crippen LogP contribution in [0.4, 0.5) is 19.1 Å². The van der Waals surface area contributed by atoms with Crippen molar-refractivity contribution in [2.75, 3.05) is 42.6 Å². The van der Waals surface area contributed by atoms with Crippen LogP contribution >= 0.6 is 10.6 Å². The molecule has 3 saturated heterocycles. The number of hydrogen-bond donors (Lipinski definition) is 3. The second-order valence-corrected chi connectivity index (χ2v) is 12.3. The van der Waals surface area contributed by atoms with Gasteiger partial charge in [-0.1, -0.05) is 0 Å². The zero-order chi connectivity index (χ0) is 25.6. The van der Waals surface area contributed by atoms with Crippen LogP contribution in [0.15, 0.2) is 12.1 Å². The third-order valence-corrected chi connectivity index (χ3v) is 9.15. The number of benzene rings is 1. The summed E-state index contributed by atoms with van der Waals surface area (Å²) in [5.74, 6) is -1.82. The average molecular weight is 532 g/mol. The predicted molar refractivity (Wildman–Crippen MR) is 131 cm³/mol. The number of alkyl halides is 1. The largest absolute Gasteiger partial charge is 0.376 e. The first kappa shape index (κ1) is 25.6. The van der Waals surface area contributed by atoms with Crippen molar-refractivity contribution in [2.45, 2.75) is 56.6 Å². The molecule has 2 aromatic rings. The van der Waals surface area contributed by atoms with Gasteiger partial charge in [-0.25, -0.2) is 18.2 Å². The molecular formula is C23H32F3N5O4S. The SMILES string of the molecule is N[C@@H]1CN(c2nc3cc(F)c(F)cc3n2CC(=O)N(CC2CCCO2)C2CCS(O)(O)C2)CC[C@H]1F. The smallest absolute Gasteiger partial charge is 0.243 e. The maximum absolute atomic E-state index is 14.2. The van der Waals surface area contributed by atoms with Crippen molar-refractivity contribution in [2.24, 2.45) is 5.73 Å². The second kappa shape index (κ2) is 10.0. The van der Waals surface area contributed by atoms with Crippen LogP contribution in [0.2, 0.25) is 0 Å². The Kier molecular flexibility index (Phi) is 7.11. The zero-order valence-electron chi connectivity index (χ0n) is 19.9. The van der Waals surface area contributed by atoms with E-state index in [9.17, 15) is 27.1 Å². The molecule has 3 fully saturated rings. The predicted octanol–water partition coefficient (Wildman–Crippen LogP) is 2.72. The lowest BCUT2D eigenvalue weighted by molar-refractivity contribution is -0.135. The number of fused-ring (bicyclic) bond motifs is 1. The molecule has 5 rings (SSSR count). The monoisotopic (exact) mass is 531 g/mol. The molecule has 4 heterocycles. The molecule has 1 aromatic heterocycles. The number of carbonyl (C=O) groups is 1. The summed E-state index contributed by atoms with van der Waals surface area (Å²) >= 11 is 0. The van der Waals surface area contributed by atoms with E-state index in [1.807, 2.05) is 0 Å². The number of anilines is 1. The second-order valence-electron chi connectivity index (χ2n) is 9.96. The van der Waals surface area contributed by atoms with Crippen LogP contribution in [0.5, 0.6) is 0 Å². The van der Waals surface area contributed by atoms with Crippen molar-refractivity contribution in [1.82, 2.24) is 14.5 Å². The first-order valence-electron chi connectivity index (χ1n) is 12.3. The highest BCUT2D eigenvalue weighted by Gasteiger charge is 2.37. The van der Waals surface area contributed by atoms with Gasteiger partial charge < -0.3 is 24.8 Å². The number of halogens is 3. The Bertz CT molecular complexity index is 1130. The molecule has 36 heavy (non-hydrogen) atoms. The molecule has 9 nitrogen and oxygen atoms in total. The minimum atomic E-state index is -2.75. The summed E-state index contributed by atoms with van der Waals surface area (Å²) in [5.41, 5.74) is 6.35. The fourth-order valence-corrected chi connectivity index (χ4v) is 7.15. The van der Waals surface area contributed by atoms with Crippen molar-refractivity contribution in [3.8, 4) is 0 Å². The molecule has 13 heteroatoms. The Morgan fingerprint density at radius 1 is 1.25 bits per heavy atom. The normalized spacial score (nSPS) is 29.1. The Morgan fingerprint density at radius 3 is 2.69 bits per heavy atom. The van der Waals surface area contributed by atoms with Crippen LogP contribution in [0, 0.1) is 11.6 Å². The van der Waals surface area contributed by atoms with Crippen LogP contribution in [-0.4, -0.2) is 91.6 Å². The van der Waals surface area contributed by atoms with Crippen LogP contribution < -0.4 is 10.6 Å². The quantitative estimate of drug-likeness (QED) is 0.525. The third-order valence-electron chi connectivity index (χ3n) is 7.34. The fourth-order valence-electron chi connectivity index (χ4n) is 5.37. The fraction of sp³-hybridized carbons (Fsp3) is 0.652. The summed E-state index contributed by atoms with van der Waals surface area (Å²) in [6.45, 7) is 1.12. The minimum Gasteiger partial charge on any atom is -0.376 e. The Balaban J connectivity index is 1.48. The van der Waals surface area contributed by atoms with Gasteiger partial charge in [0, 0.05) is 44.1 Å². The first-order valence-corrected chi connectivity index (χ1v) is 14.1. The molecule has 2 unspecified atom stereocenters. The lowest BCUT2D eigenvalue weighted by Gasteiger charge is -2.35. The molecule has 4 atom stereocenters. The maximum Gasteiger partial charge on any atom is 0.243 e. The highest BCUT2D eigenvalue weighted by atomic mass is 32.3. The van der Waals surface area contributed by atoms with E-state index >= 15 is 0 Å². The van der Waals surface area contributed by atoms with Gasteiger partial charge in [-0.05, 0) is 25.7 Å². The number of rotatable bonds is 6. The number of aromatic nitrogens is 2. The molecule has 0 radical (unpaired) electrons. The number of nitrogens with two attached hydrogens (primary N) is 1. The summed E-state index contributed by atoms with van der Waals surface area (Å²) in [5, 5.41) is 0. The molecule has 3 aliphatic heterocycles. The van der Waals surface area contributed by atoms with E-state index < -0.39 is 34.4 Å². The van der Waals surface area contributed by atoms with Crippen molar-refractivity contribution >= 4 is 33.5 Å². The highest BCUT2D eigenvalue weighted by molar-refractivity contribution is 8.24. The van der Waals surface area contributed by atoms with Gasteiger partial charge in [-0.2, -0.15) is 10.6 Å². The number of hydrogen-bond acceptors (Lipinski definition) is 7. The zero-order valence-corrected chi connectivity index (χ0v) is 20.7. The Hall–Kier alpha value is -2.06.